The lowest BCUT2D eigenvalue weighted by molar-refractivity contribution is 0.583. The van der Waals surface area contributed by atoms with Crippen molar-refractivity contribution in [3.05, 3.63) is 29.8 Å². The van der Waals surface area contributed by atoms with Crippen molar-refractivity contribution in [2.75, 3.05) is 17.0 Å². The first-order valence-corrected chi connectivity index (χ1v) is 7.80. The Labute approximate surface area is 111 Å². The van der Waals surface area contributed by atoms with E-state index in [-0.39, 0.29) is 11.4 Å². The first-order chi connectivity index (χ1) is 8.94. The van der Waals surface area contributed by atoms with Crippen LogP contribution in [0.25, 0.3) is 0 Å². The van der Waals surface area contributed by atoms with Gasteiger partial charge < -0.3 is 5.32 Å². The predicted octanol–water partition coefficient (Wildman–Crippen LogP) is 1.85. The number of nitrogens with one attached hydrogen (secondary N) is 2. The molecule has 2 rings (SSSR count). The van der Waals surface area contributed by atoms with Crippen LogP contribution in [-0.4, -0.2) is 26.8 Å². The van der Waals surface area contributed by atoms with E-state index < -0.39 is 21.7 Å². The summed E-state index contributed by atoms with van der Waals surface area (Å²) < 4.78 is 51.4. The molecule has 1 aliphatic carbocycles. The van der Waals surface area contributed by atoms with Gasteiger partial charge in [-0.3, -0.25) is 4.72 Å². The number of anilines is 1. The van der Waals surface area contributed by atoms with Crippen molar-refractivity contribution in [2.45, 2.75) is 25.3 Å². The Bertz CT molecular complexity index is 524. The van der Waals surface area contributed by atoms with Gasteiger partial charge in [-0.25, -0.2) is 17.2 Å². The Morgan fingerprint density at radius 1 is 1.16 bits per heavy atom. The molecule has 0 unspecified atom stereocenters. The summed E-state index contributed by atoms with van der Waals surface area (Å²) in [6.45, 7) is 0.628. The standard InChI is InChI=1S/C12H16F2N2O2S/c13-9-6-10(14)8-12(7-9)16-19(17,18)5-1-4-15-11-2-3-11/h6-8,11,15-16H,1-5H2. The predicted molar refractivity (Wildman–Crippen MR) is 69.4 cm³/mol. The van der Waals surface area contributed by atoms with Gasteiger partial charge in [0, 0.05) is 12.1 Å². The molecule has 0 atom stereocenters. The number of halogens is 2. The lowest BCUT2D eigenvalue weighted by Crippen LogP contribution is -2.23. The smallest absolute Gasteiger partial charge is 0.232 e. The third kappa shape index (κ3) is 5.12. The van der Waals surface area contributed by atoms with Crippen molar-refractivity contribution >= 4 is 15.7 Å². The molecule has 0 aromatic heterocycles. The molecule has 1 aromatic carbocycles. The second kappa shape index (κ2) is 5.83. The van der Waals surface area contributed by atoms with Crippen LogP contribution < -0.4 is 10.0 Å². The Morgan fingerprint density at radius 3 is 2.37 bits per heavy atom. The minimum Gasteiger partial charge on any atom is -0.314 e. The molecule has 7 heteroatoms. The summed E-state index contributed by atoms with van der Waals surface area (Å²) in [7, 11) is -3.57. The molecule has 1 aromatic rings. The molecule has 0 amide bonds. The fourth-order valence-corrected chi connectivity index (χ4v) is 2.80. The zero-order chi connectivity index (χ0) is 13.9. The summed E-state index contributed by atoms with van der Waals surface area (Å²) in [4.78, 5) is 0. The largest absolute Gasteiger partial charge is 0.314 e. The second-order valence-corrected chi connectivity index (χ2v) is 6.50. The summed E-state index contributed by atoms with van der Waals surface area (Å²) >= 11 is 0. The number of rotatable bonds is 7. The highest BCUT2D eigenvalue weighted by atomic mass is 32.2. The van der Waals surface area contributed by atoms with Crippen LogP contribution in [0.3, 0.4) is 0 Å². The molecule has 19 heavy (non-hydrogen) atoms. The van der Waals surface area contributed by atoms with Crippen molar-refractivity contribution < 1.29 is 17.2 Å². The Kier molecular flexibility index (Phi) is 4.36. The normalized spacial score (nSPS) is 15.5. The van der Waals surface area contributed by atoms with Gasteiger partial charge in [0.1, 0.15) is 11.6 Å². The average molecular weight is 290 g/mol. The van der Waals surface area contributed by atoms with Crippen LogP contribution >= 0.6 is 0 Å². The van der Waals surface area contributed by atoms with Gasteiger partial charge in [0.15, 0.2) is 0 Å². The first-order valence-electron chi connectivity index (χ1n) is 6.14. The Hall–Kier alpha value is -1.21. The molecule has 4 nitrogen and oxygen atoms in total. The van der Waals surface area contributed by atoms with E-state index in [1.165, 1.54) is 0 Å². The molecule has 1 saturated carbocycles. The van der Waals surface area contributed by atoms with Crippen LogP contribution in [0.15, 0.2) is 18.2 Å². The topological polar surface area (TPSA) is 58.2 Å². The van der Waals surface area contributed by atoms with Crippen molar-refractivity contribution in [3.8, 4) is 0 Å². The molecular formula is C12H16F2N2O2S. The maximum Gasteiger partial charge on any atom is 0.232 e. The zero-order valence-electron chi connectivity index (χ0n) is 10.3. The van der Waals surface area contributed by atoms with E-state index in [2.05, 4.69) is 10.0 Å². The molecule has 1 aliphatic rings. The van der Waals surface area contributed by atoms with Gasteiger partial charge in [0.05, 0.1) is 11.4 Å². The van der Waals surface area contributed by atoms with Crippen LogP contribution in [-0.2, 0) is 10.0 Å². The molecule has 0 heterocycles. The SMILES string of the molecule is O=S(=O)(CCCNC1CC1)Nc1cc(F)cc(F)c1. The third-order valence-electron chi connectivity index (χ3n) is 2.74. The molecule has 0 spiro atoms. The van der Waals surface area contributed by atoms with Crippen molar-refractivity contribution in [1.29, 1.82) is 0 Å². The van der Waals surface area contributed by atoms with Gasteiger partial charge in [-0.1, -0.05) is 0 Å². The van der Waals surface area contributed by atoms with Crippen molar-refractivity contribution in [1.82, 2.24) is 5.32 Å². The monoisotopic (exact) mass is 290 g/mol. The molecule has 106 valence electrons. The highest BCUT2D eigenvalue weighted by molar-refractivity contribution is 7.92. The minimum absolute atomic E-state index is 0.0785. The number of hydrogen-bond acceptors (Lipinski definition) is 3. The average Bonchev–Trinajstić information content (AvgIpc) is 3.06. The van der Waals surface area contributed by atoms with Crippen LogP contribution in [0.1, 0.15) is 19.3 Å². The molecule has 0 saturated heterocycles. The third-order valence-corrected chi connectivity index (χ3v) is 4.11. The Balaban J connectivity index is 1.84. The zero-order valence-corrected chi connectivity index (χ0v) is 11.1. The van der Waals surface area contributed by atoms with Gasteiger partial charge in [-0.05, 0) is 37.9 Å². The maximum atomic E-state index is 12.9. The summed E-state index contributed by atoms with van der Waals surface area (Å²) in [5.41, 5.74) is -0.0901. The van der Waals surface area contributed by atoms with Crippen LogP contribution in [0.2, 0.25) is 0 Å². The fourth-order valence-electron chi connectivity index (χ4n) is 1.70. The van der Waals surface area contributed by atoms with Gasteiger partial charge >= 0.3 is 0 Å². The van der Waals surface area contributed by atoms with E-state index in [1.54, 1.807) is 0 Å². The van der Waals surface area contributed by atoms with Gasteiger partial charge in [0.2, 0.25) is 10.0 Å². The summed E-state index contributed by atoms with van der Waals surface area (Å²) in [6, 6.07) is 3.12. The highest BCUT2D eigenvalue weighted by Crippen LogP contribution is 2.18. The lowest BCUT2D eigenvalue weighted by atomic mass is 10.3. The summed E-state index contributed by atoms with van der Waals surface area (Å²) in [5.74, 6) is -1.70. The highest BCUT2D eigenvalue weighted by Gasteiger charge is 2.20. The summed E-state index contributed by atoms with van der Waals surface area (Å²) in [5, 5.41) is 3.20. The minimum atomic E-state index is -3.57. The van der Waals surface area contributed by atoms with Crippen LogP contribution in [0.5, 0.6) is 0 Å². The van der Waals surface area contributed by atoms with Gasteiger partial charge in [-0.2, -0.15) is 0 Å². The number of hydrogen-bond donors (Lipinski definition) is 2. The van der Waals surface area contributed by atoms with Crippen LogP contribution in [0.4, 0.5) is 14.5 Å². The molecule has 2 N–H and O–H groups in total. The summed E-state index contributed by atoms with van der Waals surface area (Å²) in [6.07, 6.45) is 2.75. The van der Waals surface area contributed by atoms with E-state index in [9.17, 15) is 17.2 Å². The first kappa shape index (κ1) is 14.2. The van der Waals surface area contributed by atoms with Gasteiger partial charge in [0.25, 0.3) is 0 Å². The van der Waals surface area contributed by atoms with E-state index >= 15 is 0 Å². The molecule has 0 radical (unpaired) electrons. The van der Waals surface area contributed by atoms with E-state index in [1.807, 2.05) is 0 Å². The van der Waals surface area contributed by atoms with Crippen molar-refractivity contribution in [3.63, 3.8) is 0 Å². The molecule has 1 fully saturated rings. The van der Waals surface area contributed by atoms with E-state index in [0.29, 0.717) is 25.1 Å². The molecule has 0 aliphatic heterocycles. The van der Waals surface area contributed by atoms with Crippen molar-refractivity contribution in [2.24, 2.45) is 0 Å². The lowest BCUT2D eigenvalue weighted by Gasteiger charge is -2.08. The second-order valence-electron chi connectivity index (χ2n) is 4.66. The molecular weight excluding hydrogens is 274 g/mol. The fraction of sp³-hybridized carbons (Fsp3) is 0.500. The van der Waals surface area contributed by atoms with Gasteiger partial charge in [-0.15, -0.1) is 0 Å². The molecule has 0 bridgehead atoms. The van der Waals surface area contributed by atoms with E-state index in [0.717, 1.165) is 25.0 Å². The number of sulfonamides is 1. The van der Waals surface area contributed by atoms with E-state index in [4.69, 9.17) is 0 Å². The number of benzene rings is 1. The quantitative estimate of drug-likeness (QED) is 0.753. The Morgan fingerprint density at radius 2 is 1.79 bits per heavy atom. The van der Waals surface area contributed by atoms with Crippen LogP contribution in [0, 0.1) is 11.6 Å². The maximum absolute atomic E-state index is 12.9.